The molecule has 1 saturated carbocycles. The fourth-order valence-corrected chi connectivity index (χ4v) is 3.49. The van der Waals surface area contributed by atoms with Crippen LogP contribution in [0.5, 0.6) is 0 Å². The van der Waals surface area contributed by atoms with Crippen LogP contribution in [0.1, 0.15) is 25.7 Å². The number of carbonyl (C=O) groups is 2. The van der Waals surface area contributed by atoms with Crippen LogP contribution in [0.4, 0.5) is 4.79 Å². The Balaban J connectivity index is 1.92. The van der Waals surface area contributed by atoms with Crippen molar-refractivity contribution in [3.63, 3.8) is 0 Å². The molecule has 0 aromatic carbocycles. The van der Waals surface area contributed by atoms with E-state index in [2.05, 4.69) is 10.2 Å². The van der Waals surface area contributed by atoms with Gasteiger partial charge in [0.05, 0.1) is 0 Å². The molecule has 0 aromatic heterocycles. The summed E-state index contributed by atoms with van der Waals surface area (Å²) in [5.41, 5.74) is -0.610. The quantitative estimate of drug-likeness (QED) is 0.573. The van der Waals surface area contributed by atoms with Gasteiger partial charge in [0.25, 0.3) is 5.91 Å². The molecule has 3 amide bonds. The van der Waals surface area contributed by atoms with E-state index in [1.165, 1.54) is 4.90 Å². The highest BCUT2D eigenvalue weighted by molar-refractivity contribution is 6.18. The minimum absolute atomic E-state index is 0.0586. The Labute approximate surface area is 129 Å². The molecule has 2 fully saturated rings. The van der Waals surface area contributed by atoms with Crippen molar-refractivity contribution in [2.75, 3.05) is 37.9 Å². The molecule has 2 aliphatic rings. The summed E-state index contributed by atoms with van der Waals surface area (Å²) in [6, 6.07) is -0.256. The summed E-state index contributed by atoms with van der Waals surface area (Å²) in [5.74, 6) is 0.971. The molecule has 7 heteroatoms. The molecule has 114 valence electrons. The Morgan fingerprint density at radius 1 is 1.10 bits per heavy atom. The predicted octanol–water partition coefficient (Wildman–Crippen LogP) is 1.63. The minimum atomic E-state index is -0.610. The summed E-state index contributed by atoms with van der Waals surface area (Å²) in [7, 11) is 0. The van der Waals surface area contributed by atoms with Crippen molar-refractivity contribution >= 4 is 35.1 Å². The first-order valence-corrected chi connectivity index (χ1v) is 8.18. The smallest absolute Gasteiger partial charge is 0.323 e. The van der Waals surface area contributed by atoms with Gasteiger partial charge in [0.1, 0.15) is 5.54 Å². The van der Waals surface area contributed by atoms with Gasteiger partial charge in [0, 0.05) is 37.9 Å². The highest BCUT2D eigenvalue weighted by Crippen LogP contribution is 2.34. The average molecular weight is 322 g/mol. The fraction of sp³-hybridized carbons (Fsp3) is 0.846. The van der Waals surface area contributed by atoms with E-state index in [0.717, 1.165) is 25.7 Å². The fourth-order valence-electron chi connectivity index (χ4n) is 3.01. The molecule has 20 heavy (non-hydrogen) atoms. The van der Waals surface area contributed by atoms with Crippen LogP contribution in [0.2, 0.25) is 0 Å². The number of alkyl halides is 2. The van der Waals surface area contributed by atoms with Gasteiger partial charge in [-0.05, 0) is 12.8 Å². The maximum Gasteiger partial charge on any atom is 0.325 e. The van der Waals surface area contributed by atoms with Crippen molar-refractivity contribution < 1.29 is 9.59 Å². The van der Waals surface area contributed by atoms with Crippen LogP contribution in [-0.4, -0.2) is 65.2 Å². The van der Waals surface area contributed by atoms with Gasteiger partial charge >= 0.3 is 6.03 Å². The number of carbonyl (C=O) groups excluding carboxylic acids is 2. The lowest BCUT2D eigenvalue weighted by Gasteiger charge is -2.23. The molecule has 2 rings (SSSR count). The number of imide groups is 1. The van der Waals surface area contributed by atoms with Gasteiger partial charge in [-0.1, -0.05) is 12.8 Å². The number of nitrogens with one attached hydrogen (secondary N) is 1. The Morgan fingerprint density at radius 3 is 2.25 bits per heavy atom. The van der Waals surface area contributed by atoms with Crippen molar-refractivity contribution in [1.82, 2.24) is 15.1 Å². The van der Waals surface area contributed by atoms with Crippen LogP contribution >= 0.6 is 23.2 Å². The molecule has 1 aliphatic heterocycles. The molecule has 1 spiro atoms. The Bertz CT molecular complexity index is 367. The van der Waals surface area contributed by atoms with Crippen LogP contribution < -0.4 is 5.32 Å². The lowest BCUT2D eigenvalue weighted by atomic mass is 9.98. The number of rotatable bonds is 7. The second-order valence-corrected chi connectivity index (χ2v) is 6.15. The van der Waals surface area contributed by atoms with Crippen LogP contribution in [0, 0.1) is 0 Å². The normalized spacial score (nSPS) is 21.2. The van der Waals surface area contributed by atoms with Gasteiger partial charge in [-0.25, -0.2) is 4.79 Å². The second-order valence-electron chi connectivity index (χ2n) is 5.40. The second kappa shape index (κ2) is 6.96. The first kappa shape index (κ1) is 15.9. The third kappa shape index (κ3) is 3.21. The molecule has 0 radical (unpaired) electrons. The van der Waals surface area contributed by atoms with Crippen molar-refractivity contribution in [2.24, 2.45) is 0 Å². The monoisotopic (exact) mass is 321 g/mol. The maximum atomic E-state index is 12.4. The predicted molar refractivity (Wildman–Crippen MR) is 79.3 cm³/mol. The van der Waals surface area contributed by atoms with E-state index >= 15 is 0 Å². The topological polar surface area (TPSA) is 52.7 Å². The minimum Gasteiger partial charge on any atom is -0.323 e. The van der Waals surface area contributed by atoms with Crippen molar-refractivity contribution in [3.8, 4) is 0 Å². The van der Waals surface area contributed by atoms with E-state index in [0.29, 0.717) is 37.9 Å². The van der Waals surface area contributed by atoms with Gasteiger partial charge in [-0.15, -0.1) is 23.2 Å². The number of hydrogen-bond acceptors (Lipinski definition) is 3. The van der Waals surface area contributed by atoms with Crippen molar-refractivity contribution in [1.29, 1.82) is 0 Å². The van der Waals surface area contributed by atoms with Crippen molar-refractivity contribution in [2.45, 2.75) is 31.2 Å². The summed E-state index contributed by atoms with van der Waals surface area (Å²) >= 11 is 11.5. The number of urea groups is 1. The Morgan fingerprint density at radius 2 is 1.70 bits per heavy atom. The molecule has 0 atom stereocenters. The van der Waals surface area contributed by atoms with Crippen LogP contribution in [0.25, 0.3) is 0 Å². The Hall–Kier alpha value is -0.520. The van der Waals surface area contributed by atoms with E-state index in [9.17, 15) is 9.59 Å². The number of amides is 3. The van der Waals surface area contributed by atoms with Gasteiger partial charge in [0.15, 0.2) is 0 Å². The molecule has 1 N–H and O–H groups in total. The molecular formula is C13H21Cl2N3O2. The standard InChI is InChI=1S/C13H21Cl2N3O2/c14-5-7-17(8-6-15)9-10-18-11(19)13(16-12(18)20)3-1-2-4-13/h1-10H2,(H,16,20). The van der Waals surface area contributed by atoms with Crippen LogP contribution in [0.15, 0.2) is 0 Å². The van der Waals surface area contributed by atoms with E-state index in [-0.39, 0.29) is 11.9 Å². The first-order chi connectivity index (χ1) is 9.63. The third-order valence-corrected chi connectivity index (χ3v) is 4.48. The summed E-state index contributed by atoms with van der Waals surface area (Å²) in [6.07, 6.45) is 3.54. The van der Waals surface area contributed by atoms with Crippen LogP contribution in [-0.2, 0) is 4.79 Å². The third-order valence-electron chi connectivity index (χ3n) is 4.14. The SMILES string of the molecule is O=C1NC2(CCCC2)C(=O)N1CCN(CCCl)CCCl. The first-order valence-electron chi connectivity index (χ1n) is 7.11. The largest absolute Gasteiger partial charge is 0.325 e. The Kier molecular flexibility index (Phi) is 5.52. The summed E-state index contributed by atoms with van der Waals surface area (Å²) < 4.78 is 0. The molecular weight excluding hydrogens is 301 g/mol. The van der Waals surface area contributed by atoms with Gasteiger partial charge < -0.3 is 5.32 Å². The van der Waals surface area contributed by atoms with Gasteiger partial charge in [0.2, 0.25) is 0 Å². The molecule has 1 aliphatic carbocycles. The lowest BCUT2D eigenvalue weighted by molar-refractivity contribution is -0.131. The summed E-state index contributed by atoms with van der Waals surface area (Å²) in [5, 5.41) is 2.88. The molecule has 5 nitrogen and oxygen atoms in total. The zero-order valence-corrected chi connectivity index (χ0v) is 13.0. The number of nitrogens with zero attached hydrogens (tertiary/aromatic N) is 2. The molecule has 0 bridgehead atoms. The van der Waals surface area contributed by atoms with Gasteiger partial charge in [-0.3, -0.25) is 14.6 Å². The highest BCUT2D eigenvalue weighted by atomic mass is 35.5. The number of hydrogen-bond donors (Lipinski definition) is 1. The van der Waals surface area contributed by atoms with E-state index in [1.807, 2.05) is 0 Å². The van der Waals surface area contributed by atoms with E-state index < -0.39 is 5.54 Å². The molecule has 0 unspecified atom stereocenters. The molecule has 0 aromatic rings. The summed E-state index contributed by atoms with van der Waals surface area (Å²) in [6.45, 7) is 2.45. The van der Waals surface area contributed by atoms with E-state index in [1.54, 1.807) is 0 Å². The highest BCUT2D eigenvalue weighted by Gasteiger charge is 2.52. The van der Waals surface area contributed by atoms with Crippen molar-refractivity contribution in [3.05, 3.63) is 0 Å². The number of halogens is 2. The molecule has 1 heterocycles. The zero-order valence-electron chi connectivity index (χ0n) is 11.5. The summed E-state index contributed by atoms with van der Waals surface area (Å²) in [4.78, 5) is 27.9. The maximum absolute atomic E-state index is 12.4. The van der Waals surface area contributed by atoms with E-state index in [4.69, 9.17) is 23.2 Å². The lowest BCUT2D eigenvalue weighted by Crippen LogP contribution is -2.45. The molecule has 1 saturated heterocycles. The van der Waals surface area contributed by atoms with Gasteiger partial charge in [-0.2, -0.15) is 0 Å². The average Bonchev–Trinajstić information content (AvgIpc) is 2.96. The van der Waals surface area contributed by atoms with Crippen LogP contribution in [0.3, 0.4) is 0 Å². The zero-order chi connectivity index (χ0) is 14.6.